The fraction of sp³-hybridized carbons (Fsp3) is 0.286. The molecule has 0 aliphatic heterocycles. The molecular weight excluding hydrogens is 279 g/mol. The van der Waals surface area contributed by atoms with Crippen molar-refractivity contribution in [2.45, 2.75) is 19.9 Å². The van der Waals surface area contributed by atoms with Gasteiger partial charge < -0.3 is 10.1 Å². The van der Waals surface area contributed by atoms with Gasteiger partial charge in [-0.25, -0.2) is 14.2 Å². The topological polar surface area (TPSA) is 51.2 Å². The number of halogens is 1. The lowest BCUT2D eigenvalue weighted by Crippen LogP contribution is -2.23. The van der Waals surface area contributed by atoms with Gasteiger partial charge in [-0.3, -0.25) is 0 Å². The van der Waals surface area contributed by atoms with Crippen LogP contribution in [0.2, 0.25) is 0 Å². The van der Waals surface area contributed by atoms with Crippen LogP contribution in [-0.2, 0) is 9.53 Å². The fourth-order valence-corrected chi connectivity index (χ4v) is 2.63. The summed E-state index contributed by atoms with van der Waals surface area (Å²) in [5.74, 6) is -0.761. The van der Waals surface area contributed by atoms with Crippen molar-refractivity contribution in [1.29, 1.82) is 0 Å². The number of benzene rings is 1. The fourth-order valence-electron chi connectivity index (χ4n) is 1.79. The van der Waals surface area contributed by atoms with Crippen LogP contribution in [0.5, 0.6) is 0 Å². The number of anilines is 1. The summed E-state index contributed by atoms with van der Waals surface area (Å²) in [5.41, 5.74) is 2.96. The Hall–Kier alpha value is -1.95. The molecule has 1 aromatic carbocycles. The Morgan fingerprint density at radius 1 is 1.55 bits per heavy atom. The number of nitrogens with zero attached hydrogens (tertiary/aromatic N) is 1. The standard InChI is InChI=1S/C14H15FN2O2S/c1-3-19-14(18)12(13-9(2)16-8-20-13)17-11-6-4-5-10(15)7-11/h4-8,12,17H,3H2,1-2H3. The van der Waals surface area contributed by atoms with Crippen LogP contribution in [0, 0.1) is 12.7 Å². The number of aryl methyl sites for hydroxylation is 1. The van der Waals surface area contributed by atoms with Gasteiger partial charge in [-0.1, -0.05) is 6.07 Å². The maximum atomic E-state index is 13.2. The third-order valence-corrected chi connectivity index (χ3v) is 3.70. The monoisotopic (exact) mass is 294 g/mol. The van der Waals surface area contributed by atoms with Crippen molar-refractivity contribution in [3.8, 4) is 0 Å². The molecule has 0 aliphatic rings. The molecule has 0 radical (unpaired) electrons. The van der Waals surface area contributed by atoms with Gasteiger partial charge in [-0.05, 0) is 32.0 Å². The number of aromatic nitrogens is 1. The smallest absolute Gasteiger partial charge is 0.334 e. The van der Waals surface area contributed by atoms with Crippen LogP contribution in [0.1, 0.15) is 23.5 Å². The van der Waals surface area contributed by atoms with Gasteiger partial charge in [0.1, 0.15) is 5.82 Å². The maximum Gasteiger partial charge on any atom is 0.334 e. The second kappa shape index (κ2) is 6.47. The van der Waals surface area contributed by atoms with E-state index in [1.54, 1.807) is 24.6 Å². The molecule has 20 heavy (non-hydrogen) atoms. The van der Waals surface area contributed by atoms with Gasteiger partial charge in [0.2, 0.25) is 0 Å². The van der Waals surface area contributed by atoms with Gasteiger partial charge in [0.05, 0.1) is 22.7 Å². The molecule has 1 aromatic heterocycles. The minimum absolute atomic E-state index is 0.290. The first-order valence-electron chi connectivity index (χ1n) is 6.20. The molecule has 1 atom stereocenters. The largest absolute Gasteiger partial charge is 0.464 e. The van der Waals surface area contributed by atoms with E-state index in [-0.39, 0.29) is 12.4 Å². The van der Waals surface area contributed by atoms with Crippen molar-refractivity contribution < 1.29 is 13.9 Å². The van der Waals surface area contributed by atoms with E-state index in [2.05, 4.69) is 10.3 Å². The number of carbonyl (C=O) groups is 1. The molecule has 0 spiro atoms. The molecule has 0 fully saturated rings. The number of nitrogens with one attached hydrogen (secondary N) is 1. The highest BCUT2D eigenvalue weighted by atomic mass is 32.1. The number of esters is 1. The molecule has 4 nitrogen and oxygen atoms in total. The Morgan fingerprint density at radius 2 is 2.35 bits per heavy atom. The van der Waals surface area contributed by atoms with Crippen molar-refractivity contribution in [3.05, 3.63) is 46.2 Å². The number of hydrogen-bond acceptors (Lipinski definition) is 5. The SMILES string of the molecule is CCOC(=O)C(Nc1cccc(F)c1)c1scnc1C. The summed E-state index contributed by atoms with van der Waals surface area (Å²) >= 11 is 1.37. The summed E-state index contributed by atoms with van der Waals surface area (Å²) < 4.78 is 18.3. The zero-order valence-corrected chi connectivity index (χ0v) is 12.0. The van der Waals surface area contributed by atoms with E-state index in [0.29, 0.717) is 5.69 Å². The van der Waals surface area contributed by atoms with Crippen LogP contribution >= 0.6 is 11.3 Å². The molecule has 6 heteroatoms. The van der Waals surface area contributed by atoms with Crippen LogP contribution < -0.4 is 5.32 Å². The number of rotatable bonds is 5. The summed E-state index contributed by atoms with van der Waals surface area (Å²) in [7, 11) is 0. The van der Waals surface area contributed by atoms with E-state index in [1.807, 2.05) is 6.92 Å². The van der Waals surface area contributed by atoms with Gasteiger partial charge >= 0.3 is 5.97 Å². The van der Waals surface area contributed by atoms with Gasteiger partial charge in [-0.15, -0.1) is 11.3 Å². The zero-order chi connectivity index (χ0) is 14.5. The molecule has 106 valence electrons. The van der Waals surface area contributed by atoms with Crippen molar-refractivity contribution in [3.63, 3.8) is 0 Å². The first-order valence-corrected chi connectivity index (χ1v) is 7.08. The first-order chi connectivity index (χ1) is 9.61. The van der Waals surface area contributed by atoms with Crippen molar-refractivity contribution >= 4 is 23.0 Å². The second-order valence-corrected chi connectivity index (χ2v) is 5.03. The van der Waals surface area contributed by atoms with Crippen LogP contribution in [0.4, 0.5) is 10.1 Å². The summed E-state index contributed by atoms with van der Waals surface area (Å²) in [6, 6.07) is 5.29. The Bertz CT molecular complexity index is 600. The first kappa shape index (κ1) is 14.5. The molecule has 2 aromatic rings. The Labute approximate surface area is 120 Å². The lowest BCUT2D eigenvalue weighted by atomic mass is 10.2. The van der Waals surface area contributed by atoms with Crippen molar-refractivity contribution in [1.82, 2.24) is 4.98 Å². The molecular formula is C14H15FN2O2S. The predicted octanol–water partition coefficient (Wildman–Crippen LogP) is 3.31. The summed E-state index contributed by atoms with van der Waals surface area (Å²) in [4.78, 5) is 17.0. The van der Waals surface area contributed by atoms with Crippen molar-refractivity contribution in [2.24, 2.45) is 0 Å². The highest BCUT2D eigenvalue weighted by Crippen LogP contribution is 2.27. The molecule has 0 saturated carbocycles. The van der Waals surface area contributed by atoms with Gasteiger partial charge in [0, 0.05) is 5.69 Å². The third kappa shape index (κ3) is 3.33. The Morgan fingerprint density at radius 3 is 2.95 bits per heavy atom. The molecule has 1 unspecified atom stereocenters. The molecule has 0 saturated heterocycles. The Kier molecular flexibility index (Phi) is 4.68. The van der Waals surface area contributed by atoms with E-state index < -0.39 is 12.0 Å². The van der Waals surface area contributed by atoms with Crippen LogP contribution in [-0.4, -0.2) is 17.6 Å². The number of ether oxygens (including phenoxy) is 1. The lowest BCUT2D eigenvalue weighted by molar-refractivity contribution is -0.144. The van der Waals surface area contributed by atoms with Gasteiger partial charge in [-0.2, -0.15) is 0 Å². The van der Waals surface area contributed by atoms with Gasteiger partial charge in [0.15, 0.2) is 6.04 Å². The van der Waals surface area contributed by atoms with E-state index in [0.717, 1.165) is 10.6 Å². The predicted molar refractivity (Wildman–Crippen MR) is 76.2 cm³/mol. The average molecular weight is 294 g/mol. The number of carbonyl (C=O) groups excluding carboxylic acids is 1. The normalized spacial score (nSPS) is 11.9. The zero-order valence-electron chi connectivity index (χ0n) is 11.2. The molecule has 0 aliphatic carbocycles. The summed E-state index contributed by atoms with van der Waals surface area (Å²) in [6.45, 7) is 3.86. The highest BCUT2D eigenvalue weighted by molar-refractivity contribution is 7.10. The van der Waals surface area contributed by atoms with Crippen LogP contribution in [0.25, 0.3) is 0 Å². The summed E-state index contributed by atoms with van der Waals surface area (Å²) in [6.07, 6.45) is 0. The number of hydrogen-bond donors (Lipinski definition) is 1. The highest BCUT2D eigenvalue weighted by Gasteiger charge is 2.25. The lowest BCUT2D eigenvalue weighted by Gasteiger charge is -2.17. The van der Waals surface area contributed by atoms with E-state index in [9.17, 15) is 9.18 Å². The second-order valence-electron chi connectivity index (χ2n) is 4.14. The maximum absolute atomic E-state index is 13.2. The third-order valence-electron chi connectivity index (χ3n) is 2.70. The molecule has 0 amide bonds. The van der Waals surface area contributed by atoms with Crippen LogP contribution in [0.15, 0.2) is 29.8 Å². The molecule has 1 heterocycles. The quantitative estimate of drug-likeness (QED) is 0.860. The minimum atomic E-state index is -0.677. The molecule has 0 bridgehead atoms. The average Bonchev–Trinajstić information content (AvgIpc) is 2.82. The van der Waals surface area contributed by atoms with E-state index >= 15 is 0 Å². The number of thiazole rings is 1. The van der Waals surface area contributed by atoms with Gasteiger partial charge in [0.25, 0.3) is 0 Å². The van der Waals surface area contributed by atoms with Crippen molar-refractivity contribution in [2.75, 3.05) is 11.9 Å². The van der Waals surface area contributed by atoms with E-state index in [4.69, 9.17) is 4.74 Å². The molecule has 2 rings (SSSR count). The van der Waals surface area contributed by atoms with Crippen LogP contribution in [0.3, 0.4) is 0 Å². The van der Waals surface area contributed by atoms with E-state index in [1.165, 1.54) is 23.5 Å². The molecule has 1 N–H and O–H groups in total. The minimum Gasteiger partial charge on any atom is -0.464 e. The summed E-state index contributed by atoms with van der Waals surface area (Å²) in [5, 5.41) is 3.00. The Balaban J connectivity index is 2.28.